The standard InChI is InChI=1S/C19H25ClN6O2/c1-2-15(27)22-12-6-8-13(9-7-12)23-17-14-11-21-26(16-5-3-4-10-28-16)18(14)25-19(20)24-17/h2,11-13,16H,1,3-10H2,(H,22,27)(H,23,24,25). The van der Waals surface area contributed by atoms with Gasteiger partial charge in [-0.2, -0.15) is 15.1 Å². The Bertz CT molecular complexity index is 855. The van der Waals surface area contributed by atoms with Crippen molar-refractivity contribution in [2.24, 2.45) is 0 Å². The van der Waals surface area contributed by atoms with Gasteiger partial charge in [0.2, 0.25) is 11.2 Å². The normalized spacial score (nSPS) is 25.4. The number of halogens is 1. The van der Waals surface area contributed by atoms with Gasteiger partial charge in [-0.1, -0.05) is 6.58 Å². The predicted octanol–water partition coefficient (Wildman–Crippen LogP) is 3.20. The van der Waals surface area contributed by atoms with Crippen LogP contribution in [0.25, 0.3) is 11.0 Å². The zero-order valence-corrected chi connectivity index (χ0v) is 16.5. The van der Waals surface area contributed by atoms with Gasteiger partial charge in [0.25, 0.3) is 0 Å². The van der Waals surface area contributed by atoms with Gasteiger partial charge in [-0.15, -0.1) is 0 Å². The fourth-order valence-corrected chi connectivity index (χ4v) is 4.14. The highest BCUT2D eigenvalue weighted by atomic mass is 35.5. The number of hydrogen-bond donors (Lipinski definition) is 2. The van der Waals surface area contributed by atoms with E-state index >= 15 is 0 Å². The minimum absolute atomic E-state index is 0.103. The summed E-state index contributed by atoms with van der Waals surface area (Å²) in [5.74, 6) is 0.591. The first-order valence-electron chi connectivity index (χ1n) is 9.86. The van der Waals surface area contributed by atoms with Crippen LogP contribution in [0.1, 0.15) is 51.2 Å². The van der Waals surface area contributed by atoms with Gasteiger partial charge in [0, 0.05) is 18.7 Å². The summed E-state index contributed by atoms with van der Waals surface area (Å²) in [6.07, 6.45) is 9.80. The Labute approximate surface area is 168 Å². The molecule has 0 aromatic carbocycles. The van der Waals surface area contributed by atoms with E-state index in [2.05, 4.69) is 32.3 Å². The molecule has 0 radical (unpaired) electrons. The number of hydrogen-bond acceptors (Lipinski definition) is 6. The second-order valence-electron chi connectivity index (χ2n) is 7.39. The van der Waals surface area contributed by atoms with Gasteiger partial charge in [-0.05, 0) is 62.6 Å². The molecule has 1 aliphatic heterocycles. The quantitative estimate of drug-likeness (QED) is 0.587. The molecule has 1 atom stereocenters. The molecule has 1 aliphatic carbocycles. The molecular weight excluding hydrogens is 380 g/mol. The summed E-state index contributed by atoms with van der Waals surface area (Å²) < 4.78 is 7.66. The van der Waals surface area contributed by atoms with E-state index in [1.807, 2.05) is 4.68 Å². The molecule has 2 aromatic heterocycles. The van der Waals surface area contributed by atoms with Crippen molar-refractivity contribution in [2.75, 3.05) is 11.9 Å². The Morgan fingerprint density at radius 3 is 2.71 bits per heavy atom. The maximum Gasteiger partial charge on any atom is 0.243 e. The van der Waals surface area contributed by atoms with E-state index in [0.717, 1.165) is 56.9 Å². The number of carbonyl (C=O) groups excluding carboxylic acids is 1. The number of anilines is 1. The van der Waals surface area contributed by atoms with Crippen LogP contribution in [0, 0.1) is 0 Å². The molecule has 9 heteroatoms. The molecule has 1 saturated heterocycles. The topological polar surface area (TPSA) is 94.0 Å². The second-order valence-corrected chi connectivity index (χ2v) is 7.73. The van der Waals surface area contributed by atoms with Crippen molar-refractivity contribution >= 4 is 34.4 Å². The molecular formula is C19H25ClN6O2. The van der Waals surface area contributed by atoms with Crippen LogP contribution >= 0.6 is 11.6 Å². The van der Waals surface area contributed by atoms with Crippen LogP contribution in [0.5, 0.6) is 0 Å². The van der Waals surface area contributed by atoms with E-state index in [0.29, 0.717) is 11.5 Å². The SMILES string of the molecule is C=CC(=O)NC1CCC(Nc2nc(Cl)nc3c2cnn3C2CCCCO2)CC1. The first-order valence-corrected chi connectivity index (χ1v) is 10.2. The molecule has 4 rings (SSSR count). The van der Waals surface area contributed by atoms with Crippen molar-refractivity contribution in [3.05, 3.63) is 24.1 Å². The van der Waals surface area contributed by atoms with Crippen molar-refractivity contribution < 1.29 is 9.53 Å². The monoisotopic (exact) mass is 404 g/mol. The molecule has 2 N–H and O–H groups in total. The molecule has 2 aromatic rings. The van der Waals surface area contributed by atoms with Crippen LogP contribution in [-0.4, -0.2) is 44.3 Å². The molecule has 2 aliphatic rings. The third-order valence-corrected chi connectivity index (χ3v) is 5.62. The molecule has 1 unspecified atom stereocenters. The Kier molecular flexibility index (Phi) is 5.77. The second kappa shape index (κ2) is 8.45. The van der Waals surface area contributed by atoms with E-state index in [-0.39, 0.29) is 29.5 Å². The molecule has 3 heterocycles. The number of rotatable bonds is 5. The lowest BCUT2D eigenvalue weighted by atomic mass is 9.91. The minimum atomic E-state index is -0.113. The molecule has 0 spiro atoms. The van der Waals surface area contributed by atoms with Gasteiger partial charge >= 0.3 is 0 Å². The predicted molar refractivity (Wildman–Crippen MR) is 107 cm³/mol. The first-order chi connectivity index (χ1) is 13.6. The lowest BCUT2D eigenvalue weighted by Gasteiger charge is -2.29. The maximum atomic E-state index is 11.5. The van der Waals surface area contributed by atoms with Crippen LogP contribution in [0.2, 0.25) is 5.28 Å². The zero-order chi connectivity index (χ0) is 19.5. The van der Waals surface area contributed by atoms with Crippen LogP contribution in [0.4, 0.5) is 5.82 Å². The van der Waals surface area contributed by atoms with Crippen LogP contribution < -0.4 is 10.6 Å². The average Bonchev–Trinajstić information content (AvgIpc) is 3.14. The van der Waals surface area contributed by atoms with Gasteiger partial charge in [-0.25, -0.2) is 4.68 Å². The van der Waals surface area contributed by atoms with Crippen LogP contribution in [0.15, 0.2) is 18.9 Å². The third kappa shape index (κ3) is 4.12. The summed E-state index contributed by atoms with van der Waals surface area (Å²) in [5.41, 5.74) is 0.696. The van der Waals surface area contributed by atoms with Crippen molar-refractivity contribution in [3.8, 4) is 0 Å². The Morgan fingerprint density at radius 2 is 2.00 bits per heavy atom. The molecule has 150 valence electrons. The Morgan fingerprint density at radius 1 is 1.21 bits per heavy atom. The molecule has 8 nitrogen and oxygen atoms in total. The van der Waals surface area contributed by atoms with E-state index < -0.39 is 0 Å². The van der Waals surface area contributed by atoms with Crippen LogP contribution in [-0.2, 0) is 9.53 Å². The van der Waals surface area contributed by atoms with Crippen molar-refractivity contribution in [1.29, 1.82) is 0 Å². The number of fused-ring (bicyclic) bond motifs is 1. The van der Waals surface area contributed by atoms with Gasteiger partial charge in [0.1, 0.15) is 5.82 Å². The van der Waals surface area contributed by atoms with Gasteiger partial charge < -0.3 is 15.4 Å². The lowest BCUT2D eigenvalue weighted by molar-refractivity contribution is -0.117. The first kappa shape index (κ1) is 19.1. The summed E-state index contributed by atoms with van der Waals surface area (Å²) in [6, 6.07) is 0.462. The summed E-state index contributed by atoms with van der Waals surface area (Å²) in [4.78, 5) is 20.3. The summed E-state index contributed by atoms with van der Waals surface area (Å²) >= 11 is 6.20. The summed E-state index contributed by atoms with van der Waals surface area (Å²) in [7, 11) is 0. The van der Waals surface area contributed by atoms with Gasteiger partial charge in [0.15, 0.2) is 11.9 Å². The molecule has 28 heavy (non-hydrogen) atoms. The highest BCUT2D eigenvalue weighted by molar-refractivity contribution is 6.28. The zero-order valence-electron chi connectivity index (χ0n) is 15.7. The highest BCUT2D eigenvalue weighted by Gasteiger charge is 2.25. The van der Waals surface area contributed by atoms with E-state index in [4.69, 9.17) is 16.3 Å². The lowest BCUT2D eigenvalue weighted by Crippen LogP contribution is -2.39. The van der Waals surface area contributed by atoms with Crippen molar-refractivity contribution in [3.63, 3.8) is 0 Å². The summed E-state index contributed by atoms with van der Waals surface area (Å²) in [6.45, 7) is 4.24. The molecule has 1 saturated carbocycles. The minimum Gasteiger partial charge on any atom is -0.367 e. The number of ether oxygens (including phenoxy) is 1. The fourth-order valence-electron chi connectivity index (χ4n) is 3.97. The number of nitrogens with one attached hydrogen (secondary N) is 2. The summed E-state index contributed by atoms with van der Waals surface area (Å²) in [5, 5.41) is 12.0. The molecule has 1 amide bonds. The van der Waals surface area contributed by atoms with Gasteiger partial charge in [0.05, 0.1) is 11.6 Å². The fraction of sp³-hybridized carbons (Fsp3) is 0.579. The molecule has 2 fully saturated rings. The van der Waals surface area contributed by atoms with E-state index in [9.17, 15) is 4.79 Å². The number of carbonyl (C=O) groups is 1. The van der Waals surface area contributed by atoms with Crippen molar-refractivity contribution in [1.82, 2.24) is 25.1 Å². The molecule has 0 bridgehead atoms. The third-order valence-electron chi connectivity index (χ3n) is 5.45. The maximum absolute atomic E-state index is 11.5. The number of nitrogens with zero attached hydrogens (tertiary/aromatic N) is 4. The largest absolute Gasteiger partial charge is 0.367 e. The van der Waals surface area contributed by atoms with Crippen molar-refractivity contribution in [2.45, 2.75) is 63.3 Å². The van der Waals surface area contributed by atoms with Crippen LogP contribution in [0.3, 0.4) is 0 Å². The smallest absolute Gasteiger partial charge is 0.243 e. The Hall–Kier alpha value is -2.19. The number of amides is 1. The van der Waals surface area contributed by atoms with E-state index in [1.54, 1.807) is 6.20 Å². The van der Waals surface area contributed by atoms with Gasteiger partial charge in [-0.3, -0.25) is 4.79 Å². The average molecular weight is 405 g/mol. The van der Waals surface area contributed by atoms with E-state index in [1.165, 1.54) is 6.08 Å². The highest BCUT2D eigenvalue weighted by Crippen LogP contribution is 2.30. The number of aromatic nitrogens is 4. The Balaban J connectivity index is 1.48.